The second-order valence-electron chi connectivity index (χ2n) is 2.24. The van der Waals surface area contributed by atoms with Gasteiger partial charge in [0, 0.05) is 0 Å². The van der Waals surface area contributed by atoms with Crippen LogP contribution in [-0.2, 0) is 19.1 Å². The smallest absolute Gasteiger partial charge is 0.314 e. The van der Waals surface area contributed by atoms with E-state index in [-0.39, 0.29) is 12.8 Å². The second-order valence-corrected chi connectivity index (χ2v) is 2.24. The standard InChI is InChI=1S/C10H12O4/c1-3-5-9(11)13-7-8-14-10(12)6-4-2/h3-4,7-8H,1-2,5-6H2. The van der Waals surface area contributed by atoms with Gasteiger partial charge in [-0.3, -0.25) is 9.59 Å². The minimum Gasteiger partial charge on any atom is -0.431 e. The minimum atomic E-state index is -0.462. The van der Waals surface area contributed by atoms with Crippen molar-refractivity contribution >= 4 is 11.9 Å². The van der Waals surface area contributed by atoms with Gasteiger partial charge in [-0.1, -0.05) is 12.2 Å². The summed E-state index contributed by atoms with van der Waals surface area (Å²) in [5.74, 6) is -0.924. The number of carbonyl (C=O) groups excluding carboxylic acids is 2. The fraction of sp³-hybridized carbons (Fsp3) is 0.200. The zero-order valence-electron chi connectivity index (χ0n) is 7.77. The highest BCUT2D eigenvalue weighted by molar-refractivity contribution is 5.72. The summed E-state index contributed by atoms with van der Waals surface area (Å²) < 4.78 is 9.03. The average molecular weight is 196 g/mol. The van der Waals surface area contributed by atoms with Gasteiger partial charge >= 0.3 is 11.9 Å². The number of hydrogen-bond donors (Lipinski definition) is 0. The molecule has 0 spiro atoms. The van der Waals surface area contributed by atoms with E-state index in [1.165, 1.54) is 12.2 Å². The highest BCUT2D eigenvalue weighted by atomic mass is 16.6. The van der Waals surface area contributed by atoms with Crippen molar-refractivity contribution in [2.45, 2.75) is 12.8 Å². The molecule has 0 aliphatic heterocycles. The summed E-state index contributed by atoms with van der Waals surface area (Å²) >= 11 is 0. The van der Waals surface area contributed by atoms with E-state index < -0.39 is 11.9 Å². The Kier molecular flexibility index (Phi) is 6.77. The molecule has 0 fully saturated rings. The maximum atomic E-state index is 10.7. The molecule has 0 rings (SSSR count). The Hall–Kier alpha value is -1.84. The predicted molar refractivity (Wildman–Crippen MR) is 51.0 cm³/mol. The molecule has 4 nitrogen and oxygen atoms in total. The monoisotopic (exact) mass is 196 g/mol. The molecule has 76 valence electrons. The van der Waals surface area contributed by atoms with Gasteiger partial charge in [0.15, 0.2) is 0 Å². The summed E-state index contributed by atoms with van der Waals surface area (Å²) in [6.07, 6.45) is 5.08. The van der Waals surface area contributed by atoms with Gasteiger partial charge in [-0.15, -0.1) is 13.2 Å². The van der Waals surface area contributed by atoms with Crippen LogP contribution in [0.15, 0.2) is 37.8 Å². The highest BCUT2D eigenvalue weighted by Crippen LogP contribution is 1.91. The molecule has 0 saturated heterocycles. The van der Waals surface area contributed by atoms with E-state index in [2.05, 4.69) is 22.6 Å². The molecule has 14 heavy (non-hydrogen) atoms. The molecule has 0 heterocycles. The van der Waals surface area contributed by atoms with Crippen LogP contribution in [0.3, 0.4) is 0 Å². The Labute approximate surface area is 82.5 Å². The zero-order valence-corrected chi connectivity index (χ0v) is 7.77. The third-order valence-corrected chi connectivity index (χ3v) is 1.08. The second kappa shape index (κ2) is 7.79. The Morgan fingerprint density at radius 1 is 0.929 bits per heavy atom. The first-order valence-corrected chi connectivity index (χ1v) is 3.96. The van der Waals surface area contributed by atoms with Crippen molar-refractivity contribution < 1.29 is 19.1 Å². The summed E-state index contributed by atoms with van der Waals surface area (Å²) in [7, 11) is 0. The van der Waals surface area contributed by atoms with E-state index in [0.717, 1.165) is 12.5 Å². The fourth-order valence-electron chi connectivity index (χ4n) is 0.539. The number of rotatable bonds is 6. The lowest BCUT2D eigenvalue weighted by molar-refractivity contribution is -0.140. The van der Waals surface area contributed by atoms with E-state index in [0.29, 0.717) is 0 Å². The normalized spacial score (nSPS) is 9.43. The fourth-order valence-corrected chi connectivity index (χ4v) is 0.539. The Morgan fingerprint density at radius 2 is 1.29 bits per heavy atom. The molecule has 0 N–H and O–H groups in total. The molecule has 0 amide bonds. The van der Waals surface area contributed by atoms with Crippen molar-refractivity contribution in [3.8, 4) is 0 Å². The molecule has 0 aliphatic rings. The van der Waals surface area contributed by atoms with Crippen LogP contribution in [0.1, 0.15) is 12.8 Å². The van der Waals surface area contributed by atoms with E-state index in [4.69, 9.17) is 0 Å². The lowest BCUT2D eigenvalue weighted by Gasteiger charge is -1.95. The maximum absolute atomic E-state index is 10.7. The summed E-state index contributed by atoms with van der Waals surface area (Å²) in [6.45, 7) is 6.72. The van der Waals surface area contributed by atoms with Gasteiger partial charge in [-0.2, -0.15) is 0 Å². The largest absolute Gasteiger partial charge is 0.431 e. The van der Waals surface area contributed by atoms with Gasteiger partial charge in [0.25, 0.3) is 0 Å². The minimum absolute atomic E-state index is 0.116. The summed E-state index contributed by atoms with van der Waals surface area (Å²) in [6, 6.07) is 0. The molecular weight excluding hydrogens is 184 g/mol. The molecular formula is C10H12O4. The molecule has 0 aromatic carbocycles. The van der Waals surface area contributed by atoms with Crippen LogP contribution < -0.4 is 0 Å². The third-order valence-electron chi connectivity index (χ3n) is 1.08. The first-order chi connectivity index (χ1) is 6.70. The lowest BCUT2D eigenvalue weighted by Crippen LogP contribution is -1.99. The van der Waals surface area contributed by atoms with E-state index in [9.17, 15) is 9.59 Å². The first-order valence-electron chi connectivity index (χ1n) is 3.96. The van der Waals surface area contributed by atoms with Gasteiger partial charge in [0.05, 0.1) is 12.8 Å². The Morgan fingerprint density at radius 3 is 1.57 bits per heavy atom. The average Bonchev–Trinajstić information content (AvgIpc) is 2.13. The SMILES string of the molecule is C=CCC(=O)OC=COC(=O)CC=C. The molecule has 0 saturated carbocycles. The first kappa shape index (κ1) is 12.2. The molecule has 0 bridgehead atoms. The van der Waals surface area contributed by atoms with Crippen molar-refractivity contribution in [1.29, 1.82) is 0 Å². The van der Waals surface area contributed by atoms with E-state index in [1.807, 2.05) is 0 Å². The quantitative estimate of drug-likeness (QED) is 0.368. The molecule has 0 atom stereocenters. The van der Waals surface area contributed by atoms with Gasteiger partial charge in [0.1, 0.15) is 12.5 Å². The Bertz CT molecular complexity index is 227. The summed E-state index contributed by atoms with van der Waals surface area (Å²) in [4.78, 5) is 21.4. The lowest BCUT2D eigenvalue weighted by atomic mass is 10.4. The van der Waals surface area contributed by atoms with E-state index >= 15 is 0 Å². The van der Waals surface area contributed by atoms with Crippen molar-refractivity contribution in [3.05, 3.63) is 37.8 Å². The van der Waals surface area contributed by atoms with Crippen LogP contribution in [0.4, 0.5) is 0 Å². The molecule has 0 aliphatic carbocycles. The van der Waals surface area contributed by atoms with Gasteiger partial charge in [-0.25, -0.2) is 0 Å². The molecule has 0 aromatic heterocycles. The molecule has 0 radical (unpaired) electrons. The number of ether oxygens (including phenoxy) is 2. The van der Waals surface area contributed by atoms with Crippen LogP contribution in [0.25, 0.3) is 0 Å². The van der Waals surface area contributed by atoms with E-state index in [1.54, 1.807) is 0 Å². The van der Waals surface area contributed by atoms with Gasteiger partial charge in [-0.05, 0) is 0 Å². The predicted octanol–water partition coefficient (Wildman–Crippen LogP) is 1.70. The summed E-state index contributed by atoms with van der Waals surface area (Å²) in [5, 5.41) is 0. The highest BCUT2D eigenvalue weighted by Gasteiger charge is 1.97. The third kappa shape index (κ3) is 6.84. The Balaban J connectivity index is 3.62. The van der Waals surface area contributed by atoms with Crippen molar-refractivity contribution in [2.24, 2.45) is 0 Å². The maximum Gasteiger partial charge on any atom is 0.314 e. The van der Waals surface area contributed by atoms with Crippen LogP contribution in [-0.4, -0.2) is 11.9 Å². The number of hydrogen-bond acceptors (Lipinski definition) is 4. The topological polar surface area (TPSA) is 52.6 Å². The van der Waals surface area contributed by atoms with Crippen LogP contribution in [0.5, 0.6) is 0 Å². The molecule has 0 aromatic rings. The zero-order chi connectivity index (χ0) is 10.8. The number of carbonyl (C=O) groups is 2. The van der Waals surface area contributed by atoms with Crippen molar-refractivity contribution in [2.75, 3.05) is 0 Å². The van der Waals surface area contributed by atoms with Crippen LogP contribution in [0.2, 0.25) is 0 Å². The van der Waals surface area contributed by atoms with Gasteiger partial charge in [0.2, 0.25) is 0 Å². The van der Waals surface area contributed by atoms with Crippen molar-refractivity contribution in [3.63, 3.8) is 0 Å². The molecule has 0 unspecified atom stereocenters. The van der Waals surface area contributed by atoms with Gasteiger partial charge < -0.3 is 9.47 Å². The molecule has 4 heteroatoms. The number of esters is 2. The van der Waals surface area contributed by atoms with Crippen LogP contribution in [0, 0.1) is 0 Å². The van der Waals surface area contributed by atoms with Crippen LogP contribution >= 0.6 is 0 Å². The van der Waals surface area contributed by atoms with Crippen molar-refractivity contribution in [1.82, 2.24) is 0 Å². The summed E-state index contributed by atoms with van der Waals surface area (Å²) in [5.41, 5.74) is 0.